The smallest absolute Gasteiger partial charge is 0.222 e. The summed E-state index contributed by atoms with van der Waals surface area (Å²) < 4.78 is 6.02. The summed E-state index contributed by atoms with van der Waals surface area (Å²) in [4.78, 5) is 19.2. The van der Waals surface area contributed by atoms with Crippen molar-refractivity contribution in [2.45, 2.75) is 57.5 Å². The third-order valence-corrected chi connectivity index (χ3v) is 7.19. The van der Waals surface area contributed by atoms with Crippen LogP contribution in [-0.4, -0.2) is 73.0 Å². The molecule has 1 aromatic carbocycles. The highest BCUT2D eigenvalue weighted by atomic mass is 16.5. The quantitative estimate of drug-likeness (QED) is 0.798. The number of rotatable bonds is 4. The van der Waals surface area contributed by atoms with Crippen LogP contribution in [0.4, 0.5) is 0 Å². The van der Waals surface area contributed by atoms with E-state index in [4.69, 9.17) is 4.74 Å². The van der Waals surface area contributed by atoms with Crippen molar-refractivity contribution in [2.75, 3.05) is 46.9 Å². The zero-order valence-corrected chi connectivity index (χ0v) is 17.8. The lowest BCUT2D eigenvalue weighted by Crippen LogP contribution is -2.60. The molecule has 5 nitrogen and oxygen atoms in total. The molecule has 2 saturated heterocycles. The maximum Gasteiger partial charge on any atom is 0.222 e. The van der Waals surface area contributed by atoms with E-state index in [1.807, 2.05) is 11.9 Å². The Morgan fingerprint density at radius 2 is 1.82 bits per heavy atom. The van der Waals surface area contributed by atoms with Crippen molar-refractivity contribution >= 4 is 5.91 Å². The van der Waals surface area contributed by atoms with Crippen LogP contribution in [0, 0.1) is 0 Å². The topological polar surface area (TPSA) is 36.0 Å². The fourth-order valence-corrected chi connectivity index (χ4v) is 5.28. The Morgan fingerprint density at radius 1 is 1.04 bits per heavy atom. The lowest BCUT2D eigenvalue weighted by Gasteiger charge is -2.49. The molecule has 28 heavy (non-hydrogen) atoms. The van der Waals surface area contributed by atoms with E-state index >= 15 is 0 Å². The Labute approximate surface area is 169 Å². The van der Waals surface area contributed by atoms with Gasteiger partial charge in [0.1, 0.15) is 5.75 Å². The molecule has 5 heteroatoms. The lowest BCUT2D eigenvalue weighted by atomic mass is 9.86. The molecule has 0 saturated carbocycles. The zero-order valence-electron chi connectivity index (χ0n) is 17.8. The molecular formula is C23H35N3O2. The Kier molecular flexibility index (Phi) is 5.66. The van der Waals surface area contributed by atoms with Crippen LogP contribution < -0.4 is 4.74 Å². The summed E-state index contributed by atoms with van der Waals surface area (Å²) in [6.45, 7) is 7.76. The van der Waals surface area contributed by atoms with Gasteiger partial charge in [0.15, 0.2) is 0 Å². The van der Waals surface area contributed by atoms with Gasteiger partial charge in [0.25, 0.3) is 0 Å². The summed E-state index contributed by atoms with van der Waals surface area (Å²) in [6, 6.07) is 4.70. The minimum atomic E-state index is 0.112. The first kappa shape index (κ1) is 19.7. The summed E-state index contributed by atoms with van der Waals surface area (Å²) in [7, 11) is 4.19. The predicted molar refractivity (Wildman–Crippen MR) is 112 cm³/mol. The molecule has 0 N–H and O–H groups in total. The largest absolute Gasteiger partial charge is 0.494 e. The first-order chi connectivity index (χ1) is 13.5. The molecule has 0 radical (unpaired) electrons. The number of benzene rings is 1. The highest BCUT2D eigenvalue weighted by Crippen LogP contribution is 2.35. The van der Waals surface area contributed by atoms with Gasteiger partial charge in [-0.25, -0.2) is 0 Å². The predicted octanol–water partition coefficient (Wildman–Crippen LogP) is 2.70. The molecule has 1 aromatic rings. The minimum Gasteiger partial charge on any atom is -0.494 e. The van der Waals surface area contributed by atoms with Gasteiger partial charge in [-0.3, -0.25) is 14.6 Å². The first-order valence-electron chi connectivity index (χ1n) is 11.0. The van der Waals surface area contributed by atoms with E-state index in [0.29, 0.717) is 18.9 Å². The molecule has 1 spiro atoms. The number of carbonyl (C=O) groups is 1. The van der Waals surface area contributed by atoms with Crippen molar-refractivity contribution in [3.05, 3.63) is 28.8 Å². The second kappa shape index (κ2) is 8.03. The summed E-state index contributed by atoms with van der Waals surface area (Å²) in [5.74, 6) is 1.37. The highest BCUT2D eigenvalue weighted by molar-refractivity contribution is 5.76. The van der Waals surface area contributed by atoms with Crippen molar-refractivity contribution in [3.8, 4) is 5.75 Å². The minimum absolute atomic E-state index is 0.112. The van der Waals surface area contributed by atoms with Crippen molar-refractivity contribution in [1.29, 1.82) is 0 Å². The van der Waals surface area contributed by atoms with Crippen molar-refractivity contribution in [2.24, 2.45) is 0 Å². The second-order valence-corrected chi connectivity index (χ2v) is 8.94. The number of carbonyl (C=O) groups excluding carboxylic acids is 1. The van der Waals surface area contributed by atoms with Crippen LogP contribution in [0.25, 0.3) is 0 Å². The molecule has 4 rings (SSSR count). The Morgan fingerprint density at radius 3 is 2.61 bits per heavy atom. The van der Waals surface area contributed by atoms with E-state index in [1.54, 1.807) is 0 Å². The number of likely N-dealkylation sites (N-methyl/N-ethyl adjacent to an activating group) is 1. The second-order valence-electron chi connectivity index (χ2n) is 8.94. The van der Waals surface area contributed by atoms with Gasteiger partial charge in [0.2, 0.25) is 5.91 Å². The van der Waals surface area contributed by atoms with Gasteiger partial charge < -0.3 is 9.64 Å². The van der Waals surface area contributed by atoms with Crippen molar-refractivity contribution < 1.29 is 9.53 Å². The number of piperazine rings is 1. The van der Waals surface area contributed by atoms with Gasteiger partial charge in [-0.2, -0.15) is 0 Å². The zero-order chi connectivity index (χ0) is 19.7. The molecule has 1 amide bonds. The van der Waals surface area contributed by atoms with Crippen LogP contribution in [0.15, 0.2) is 12.1 Å². The van der Waals surface area contributed by atoms with Crippen molar-refractivity contribution in [3.63, 3.8) is 0 Å². The number of amides is 1. The van der Waals surface area contributed by atoms with Gasteiger partial charge in [-0.15, -0.1) is 0 Å². The van der Waals surface area contributed by atoms with Crippen LogP contribution in [-0.2, 0) is 24.2 Å². The van der Waals surface area contributed by atoms with Crippen molar-refractivity contribution in [1.82, 2.24) is 14.7 Å². The number of aryl methyl sites for hydroxylation is 2. The number of ether oxygens (including phenoxy) is 1. The van der Waals surface area contributed by atoms with Crippen LogP contribution in [0.2, 0.25) is 0 Å². The summed E-state index contributed by atoms with van der Waals surface area (Å²) >= 11 is 0. The first-order valence-corrected chi connectivity index (χ1v) is 11.0. The van der Waals surface area contributed by atoms with E-state index in [0.717, 1.165) is 51.3 Å². The lowest BCUT2D eigenvalue weighted by molar-refractivity contribution is -0.129. The Hall–Kier alpha value is -1.59. The maximum absolute atomic E-state index is 12.2. The van der Waals surface area contributed by atoms with E-state index in [1.165, 1.54) is 36.0 Å². The molecule has 3 aliphatic rings. The fraction of sp³-hybridized carbons (Fsp3) is 0.696. The summed E-state index contributed by atoms with van der Waals surface area (Å²) in [5, 5.41) is 0. The molecule has 2 aliphatic heterocycles. The third kappa shape index (κ3) is 3.79. The third-order valence-electron chi connectivity index (χ3n) is 7.19. The average molecular weight is 386 g/mol. The summed E-state index contributed by atoms with van der Waals surface area (Å²) in [6.07, 6.45) is 6.35. The molecule has 0 unspecified atom stereocenters. The van der Waals surface area contributed by atoms with Crippen LogP contribution in [0.5, 0.6) is 5.75 Å². The molecule has 1 atom stereocenters. The van der Waals surface area contributed by atoms with E-state index in [-0.39, 0.29) is 5.54 Å². The highest BCUT2D eigenvalue weighted by Gasteiger charge is 2.41. The number of fused-ring (bicyclic) bond motifs is 1. The standard InChI is InChI=1S/C23H35N3O2/c1-4-28-21-15-19-7-5-6-18(19)14-20(21)16-26-13-12-25(3)23(17-26)9-8-22(27)24(2)11-10-23/h14-15H,4-13,16-17H2,1-3H3/t23-/m1/s1. The Bertz CT molecular complexity index is 735. The molecule has 2 fully saturated rings. The number of likely N-dealkylation sites (tertiary alicyclic amines) is 1. The van der Waals surface area contributed by atoms with E-state index < -0.39 is 0 Å². The molecule has 0 bridgehead atoms. The van der Waals surface area contributed by atoms with Gasteiger partial charge in [0, 0.05) is 57.3 Å². The number of hydrogen-bond donors (Lipinski definition) is 0. The molecule has 154 valence electrons. The van der Waals surface area contributed by atoms with Gasteiger partial charge in [0.05, 0.1) is 6.61 Å². The van der Waals surface area contributed by atoms with Crippen LogP contribution >= 0.6 is 0 Å². The molecule has 0 aromatic heterocycles. The maximum atomic E-state index is 12.2. The van der Waals surface area contributed by atoms with Crippen LogP contribution in [0.1, 0.15) is 49.3 Å². The molecule has 2 heterocycles. The molecule has 1 aliphatic carbocycles. The van der Waals surface area contributed by atoms with E-state index in [9.17, 15) is 4.79 Å². The average Bonchev–Trinajstić information content (AvgIpc) is 3.09. The van der Waals surface area contributed by atoms with Gasteiger partial charge in [-0.1, -0.05) is 6.07 Å². The van der Waals surface area contributed by atoms with E-state index in [2.05, 4.69) is 35.9 Å². The summed E-state index contributed by atoms with van der Waals surface area (Å²) in [5.41, 5.74) is 4.45. The fourth-order valence-electron chi connectivity index (χ4n) is 5.28. The number of nitrogens with zero attached hydrogens (tertiary/aromatic N) is 3. The van der Waals surface area contributed by atoms with Gasteiger partial charge in [-0.05, 0) is 63.3 Å². The number of hydrogen-bond acceptors (Lipinski definition) is 4. The van der Waals surface area contributed by atoms with Gasteiger partial charge >= 0.3 is 0 Å². The molecular weight excluding hydrogens is 350 g/mol. The normalized spacial score (nSPS) is 26.5. The SMILES string of the molecule is CCOc1cc2c(cc1CN1CCN(C)[C@@]3(CCC(=O)N(C)CC3)C1)CCC2. The Balaban J connectivity index is 1.53. The van der Waals surface area contributed by atoms with Crippen LogP contribution in [0.3, 0.4) is 0 Å². The monoisotopic (exact) mass is 385 g/mol.